The molecule has 5 nitrogen and oxygen atoms in total. The fraction of sp³-hybridized carbons (Fsp3) is 0.357. The molecule has 1 atom stereocenters. The van der Waals surface area contributed by atoms with Crippen molar-refractivity contribution in [2.24, 2.45) is 5.14 Å². The Morgan fingerprint density at radius 2 is 2.10 bits per heavy atom. The lowest BCUT2D eigenvalue weighted by atomic mass is 10.2. The Bertz CT molecular complexity index is 713. The first kappa shape index (κ1) is 14.7. The van der Waals surface area contributed by atoms with Crippen LogP contribution in [0, 0.1) is 0 Å². The molecule has 1 aromatic heterocycles. The van der Waals surface area contributed by atoms with Crippen LogP contribution in [-0.4, -0.2) is 19.5 Å². The lowest BCUT2D eigenvalue weighted by Gasteiger charge is -2.16. The monoisotopic (exact) mass is 294 g/mol. The number of rotatable bonds is 5. The molecule has 2 N–H and O–H groups in total. The van der Waals surface area contributed by atoms with Gasteiger partial charge in [-0.05, 0) is 37.6 Å². The van der Waals surface area contributed by atoms with Crippen molar-refractivity contribution < 1.29 is 13.2 Å². The van der Waals surface area contributed by atoms with Crippen LogP contribution in [0.3, 0.4) is 0 Å². The molecule has 0 aliphatic carbocycles. The van der Waals surface area contributed by atoms with Gasteiger partial charge in [-0.15, -0.1) is 0 Å². The van der Waals surface area contributed by atoms with Crippen LogP contribution < -0.4 is 9.88 Å². The molecule has 108 valence electrons. The normalized spacial score (nSPS) is 13.3. The Kier molecular flexibility index (Phi) is 4.25. The fourth-order valence-corrected chi connectivity index (χ4v) is 2.87. The van der Waals surface area contributed by atoms with Gasteiger partial charge in [0.25, 0.3) is 0 Å². The van der Waals surface area contributed by atoms with Gasteiger partial charge in [0.05, 0.1) is 11.0 Å². The highest BCUT2D eigenvalue weighted by Gasteiger charge is 2.16. The molecule has 1 heterocycles. The van der Waals surface area contributed by atoms with Gasteiger partial charge in [0.1, 0.15) is 11.3 Å². The summed E-state index contributed by atoms with van der Waals surface area (Å²) < 4.78 is 29.0. The van der Waals surface area contributed by atoms with E-state index in [2.05, 4.69) is 11.9 Å². The molecular formula is C14H18N2O3S. The highest BCUT2D eigenvalue weighted by molar-refractivity contribution is 7.89. The predicted molar refractivity (Wildman–Crippen MR) is 78.1 cm³/mol. The minimum Gasteiger partial charge on any atom is -0.488 e. The minimum atomic E-state index is -3.78. The Balaban J connectivity index is 2.55. The second-order valence-electron chi connectivity index (χ2n) is 4.72. The average molecular weight is 294 g/mol. The van der Waals surface area contributed by atoms with E-state index in [1.54, 1.807) is 24.4 Å². The van der Waals surface area contributed by atoms with E-state index in [4.69, 9.17) is 9.88 Å². The van der Waals surface area contributed by atoms with Crippen molar-refractivity contribution in [3.8, 4) is 5.75 Å². The molecule has 0 aliphatic rings. The van der Waals surface area contributed by atoms with Gasteiger partial charge in [0.2, 0.25) is 10.0 Å². The van der Waals surface area contributed by atoms with Crippen molar-refractivity contribution >= 4 is 20.9 Å². The first-order chi connectivity index (χ1) is 9.43. The van der Waals surface area contributed by atoms with Crippen LogP contribution in [0.4, 0.5) is 0 Å². The Labute approximate surface area is 118 Å². The minimum absolute atomic E-state index is 0.0468. The zero-order valence-electron chi connectivity index (χ0n) is 11.5. The molecule has 1 unspecified atom stereocenters. The van der Waals surface area contributed by atoms with E-state index < -0.39 is 10.0 Å². The van der Waals surface area contributed by atoms with E-state index in [1.807, 2.05) is 6.92 Å². The molecule has 0 spiro atoms. The molecule has 2 rings (SSSR count). The topological polar surface area (TPSA) is 82.3 Å². The van der Waals surface area contributed by atoms with Crippen LogP contribution in [0.15, 0.2) is 35.4 Å². The van der Waals surface area contributed by atoms with Crippen LogP contribution >= 0.6 is 0 Å². The van der Waals surface area contributed by atoms with E-state index >= 15 is 0 Å². The third kappa shape index (κ3) is 3.08. The first-order valence-electron chi connectivity index (χ1n) is 6.50. The largest absolute Gasteiger partial charge is 0.488 e. The Morgan fingerprint density at radius 3 is 2.75 bits per heavy atom. The van der Waals surface area contributed by atoms with Crippen molar-refractivity contribution in [2.75, 3.05) is 0 Å². The molecule has 6 heteroatoms. The Hall–Kier alpha value is -1.66. The summed E-state index contributed by atoms with van der Waals surface area (Å²) in [7, 11) is -3.78. The van der Waals surface area contributed by atoms with E-state index in [0.29, 0.717) is 16.7 Å². The van der Waals surface area contributed by atoms with Crippen molar-refractivity contribution in [3.63, 3.8) is 0 Å². The molecular weight excluding hydrogens is 276 g/mol. The summed E-state index contributed by atoms with van der Waals surface area (Å²) in [6.45, 7) is 4.06. The number of fused-ring (bicyclic) bond motifs is 1. The maximum atomic E-state index is 11.6. The second kappa shape index (κ2) is 5.76. The van der Waals surface area contributed by atoms with Gasteiger partial charge < -0.3 is 4.74 Å². The van der Waals surface area contributed by atoms with Gasteiger partial charge in [-0.1, -0.05) is 13.3 Å². The zero-order valence-corrected chi connectivity index (χ0v) is 12.4. The third-order valence-electron chi connectivity index (χ3n) is 3.02. The summed E-state index contributed by atoms with van der Waals surface area (Å²) in [5, 5.41) is 5.71. The molecule has 0 fully saturated rings. The molecule has 2 aromatic rings. The second-order valence-corrected chi connectivity index (χ2v) is 6.25. The van der Waals surface area contributed by atoms with E-state index in [9.17, 15) is 8.42 Å². The summed E-state index contributed by atoms with van der Waals surface area (Å²) in [5.41, 5.74) is 0.516. The molecule has 0 bridgehead atoms. The number of ether oxygens (including phenoxy) is 1. The predicted octanol–water partition coefficient (Wildman–Crippen LogP) is 2.45. The maximum Gasteiger partial charge on any atom is 0.238 e. The number of pyridine rings is 1. The summed E-state index contributed by atoms with van der Waals surface area (Å²) in [6.07, 6.45) is 3.59. The number of sulfonamides is 1. The third-order valence-corrected chi connectivity index (χ3v) is 3.99. The van der Waals surface area contributed by atoms with E-state index in [-0.39, 0.29) is 11.0 Å². The smallest absolute Gasteiger partial charge is 0.238 e. The van der Waals surface area contributed by atoms with Gasteiger partial charge in [-0.2, -0.15) is 0 Å². The SMILES string of the molecule is CCCC(C)Oc1ccc(S(N)(=O)=O)c2cccnc12. The van der Waals surface area contributed by atoms with Crippen molar-refractivity contribution in [1.29, 1.82) is 0 Å². The number of benzene rings is 1. The number of nitrogens with zero attached hydrogens (tertiary/aromatic N) is 1. The summed E-state index contributed by atoms with van der Waals surface area (Å²) >= 11 is 0. The molecule has 0 amide bonds. The summed E-state index contributed by atoms with van der Waals surface area (Å²) in [6, 6.07) is 6.43. The standard InChI is InChI=1S/C14H18N2O3S/c1-3-5-10(2)19-12-7-8-13(20(15,17)18)11-6-4-9-16-14(11)12/h4,6-10H,3,5H2,1-2H3,(H2,15,17,18). The number of nitrogens with two attached hydrogens (primary N) is 1. The summed E-state index contributed by atoms with van der Waals surface area (Å²) in [4.78, 5) is 4.29. The van der Waals surface area contributed by atoms with E-state index in [1.165, 1.54) is 6.07 Å². The lowest BCUT2D eigenvalue weighted by Crippen LogP contribution is -2.14. The fourth-order valence-electron chi connectivity index (χ4n) is 2.15. The number of aromatic nitrogens is 1. The molecule has 20 heavy (non-hydrogen) atoms. The lowest BCUT2D eigenvalue weighted by molar-refractivity contribution is 0.212. The van der Waals surface area contributed by atoms with Crippen molar-refractivity contribution in [3.05, 3.63) is 30.5 Å². The average Bonchev–Trinajstić information content (AvgIpc) is 2.38. The van der Waals surface area contributed by atoms with E-state index in [0.717, 1.165) is 12.8 Å². The van der Waals surface area contributed by atoms with Crippen LogP contribution in [0.25, 0.3) is 10.9 Å². The number of primary sulfonamides is 1. The van der Waals surface area contributed by atoms with Gasteiger partial charge in [-0.25, -0.2) is 13.6 Å². The number of hydrogen-bond acceptors (Lipinski definition) is 4. The van der Waals surface area contributed by atoms with Crippen molar-refractivity contribution in [2.45, 2.75) is 37.7 Å². The van der Waals surface area contributed by atoms with Gasteiger partial charge in [-0.3, -0.25) is 4.98 Å². The maximum absolute atomic E-state index is 11.6. The highest BCUT2D eigenvalue weighted by atomic mass is 32.2. The summed E-state index contributed by atoms with van der Waals surface area (Å²) in [5.74, 6) is 0.578. The van der Waals surface area contributed by atoms with Crippen LogP contribution in [0.2, 0.25) is 0 Å². The van der Waals surface area contributed by atoms with Crippen LogP contribution in [0.5, 0.6) is 5.75 Å². The van der Waals surface area contributed by atoms with Gasteiger partial charge in [0.15, 0.2) is 0 Å². The Morgan fingerprint density at radius 1 is 1.35 bits per heavy atom. The van der Waals surface area contributed by atoms with Crippen molar-refractivity contribution in [1.82, 2.24) is 4.98 Å². The highest BCUT2D eigenvalue weighted by Crippen LogP contribution is 2.29. The molecule has 0 radical (unpaired) electrons. The molecule has 0 saturated carbocycles. The van der Waals surface area contributed by atoms with Gasteiger partial charge >= 0.3 is 0 Å². The zero-order chi connectivity index (χ0) is 14.8. The first-order valence-corrected chi connectivity index (χ1v) is 8.05. The van der Waals surface area contributed by atoms with Crippen LogP contribution in [-0.2, 0) is 10.0 Å². The molecule has 0 aliphatic heterocycles. The van der Waals surface area contributed by atoms with Crippen LogP contribution in [0.1, 0.15) is 26.7 Å². The quantitative estimate of drug-likeness (QED) is 0.918. The van der Waals surface area contributed by atoms with Gasteiger partial charge in [0, 0.05) is 11.6 Å². The molecule has 1 aromatic carbocycles. The number of hydrogen-bond donors (Lipinski definition) is 1. The molecule has 0 saturated heterocycles.